The monoisotopic (exact) mass is 489 g/mol. The Balaban J connectivity index is 1.36. The van der Waals surface area contributed by atoms with Gasteiger partial charge in [-0.1, -0.05) is 47.7 Å². The van der Waals surface area contributed by atoms with Gasteiger partial charge in [0.05, 0.1) is 23.6 Å². The van der Waals surface area contributed by atoms with Crippen LogP contribution >= 0.6 is 0 Å². The molecule has 0 fully saturated rings. The van der Waals surface area contributed by atoms with Gasteiger partial charge in [-0.3, -0.25) is 9.48 Å². The standard InChI is InChI=1S/C29H27N7O/c1-18-28-24-12-9-20(21-16-31-35(2)17-21)15-26(24)27(13-14-36(28)34-33-18)32-22-10-7-19(8-11-22)23-5-3-4-6-25(23)29(30)37/h3-12,15-17,27,32H,13-14H2,1-2H3,(H2,30,37). The molecule has 37 heavy (non-hydrogen) atoms. The number of rotatable bonds is 5. The number of nitrogens with zero attached hydrogens (tertiary/aromatic N) is 5. The Morgan fingerprint density at radius 2 is 1.78 bits per heavy atom. The highest BCUT2D eigenvalue weighted by Crippen LogP contribution is 2.39. The Kier molecular flexibility index (Phi) is 5.56. The van der Waals surface area contributed by atoms with Crippen molar-refractivity contribution in [3.05, 3.63) is 95.9 Å². The number of fused-ring (bicyclic) bond motifs is 3. The number of carbonyl (C=O) groups excluding carboxylic acids is 1. The van der Waals surface area contributed by atoms with Crippen molar-refractivity contribution in [3.8, 4) is 33.5 Å². The number of aryl methyl sites for hydroxylation is 3. The van der Waals surface area contributed by atoms with E-state index in [-0.39, 0.29) is 6.04 Å². The molecule has 3 heterocycles. The lowest BCUT2D eigenvalue weighted by atomic mass is 9.93. The van der Waals surface area contributed by atoms with E-state index in [1.54, 1.807) is 6.07 Å². The van der Waals surface area contributed by atoms with E-state index >= 15 is 0 Å². The van der Waals surface area contributed by atoms with Crippen LogP contribution in [-0.2, 0) is 13.6 Å². The summed E-state index contributed by atoms with van der Waals surface area (Å²) in [6.07, 6.45) is 4.77. The van der Waals surface area contributed by atoms with E-state index in [0.29, 0.717) is 5.56 Å². The minimum atomic E-state index is -0.431. The molecular weight excluding hydrogens is 462 g/mol. The maximum atomic E-state index is 11.9. The van der Waals surface area contributed by atoms with E-state index in [2.05, 4.69) is 38.9 Å². The van der Waals surface area contributed by atoms with Gasteiger partial charge in [0.15, 0.2) is 0 Å². The number of primary amides is 1. The topological polar surface area (TPSA) is 104 Å². The average Bonchev–Trinajstić information content (AvgIpc) is 3.47. The maximum Gasteiger partial charge on any atom is 0.249 e. The lowest BCUT2D eigenvalue weighted by molar-refractivity contribution is 0.100. The molecule has 0 saturated carbocycles. The number of carbonyl (C=O) groups is 1. The van der Waals surface area contributed by atoms with Crippen LogP contribution in [0.15, 0.2) is 79.1 Å². The zero-order valence-electron chi connectivity index (χ0n) is 20.7. The normalized spacial score (nSPS) is 14.5. The Morgan fingerprint density at radius 1 is 1.00 bits per heavy atom. The summed E-state index contributed by atoms with van der Waals surface area (Å²) in [6.45, 7) is 2.77. The molecule has 5 aromatic rings. The predicted octanol–water partition coefficient (Wildman–Crippen LogP) is 4.98. The molecule has 1 aliphatic heterocycles. The van der Waals surface area contributed by atoms with Crippen LogP contribution in [0.2, 0.25) is 0 Å². The first-order chi connectivity index (χ1) is 18.0. The fourth-order valence-corrected chi connectivity index (χ4v) is 5.16. The number of amides is 1. The van der Waals surface area contributed by atoms with Gasteiger partial charge in [-0.05, 0) is 59.9 Å². The molecule has 0 aliphatic carbocycles. The average molecular weight is 490 g/mol. The van der Waals surface area contributed by atoms with Gasteiger partial charge in [-0.2, -0.15) is 5.10 Å². The third-order valence-electron chi connectivity index (χ3n) is 6.98. The van der Waals surface area contributed by atoms with E-state index in [9.17, 15) is 4.79 Å². The molecule has 3 N–H and O–H groups in total. The number of hydrogen-bond acceptors (Lipinski definition) is 5. The summed E-state index contributed by atoms with van der Waals surface area (Å²) in [4.78, 5) is 11.9. The zero-order chi connectivity index (χ0) is 25.5. The highest BCUT2D eigenvalue weighted by atomic mass is 16.1. The van der Waals surface area contributed by atoms with Gasteiger partial charge in [0.2, 0.25) is 5.91 Å². The summed E-state index contributed by atoms with van der Waals surface area (Å²) in [7, 11) is 1.93. The molecule has 6 rings (SSSR count). The molecule has 8 nitrogen and oxygen atoms in total. The van der Waals surface area contributed by atoms with Crippen molar-refractivity contribution < 1.29 is 4.79 Å². The lowest BCUT2D eigenvalue weighted by Gasteiger charge is -2.21. The molecule has 2 aromatic heterocycles. The number of aromatic nitrogens is 5. The number of nitrogens with one attached hydrogen (secondary N) is 1. The Morgan fingerprint density at radius 3 is 2.54 bits per heavy atom. The van der Waals surface area contributed by atoms with Gasteiger partial charge in [0, 0.05) is 42.2 Å². The third-order valence-corrected chi connectivity index (χ3v) is 6.98. The van der Waals surface area contributed by atoms with E-state index in [1.807, 2.05) is 78.2 Å². The van der Waals surface area contributed by atoms with Gasteiger partial charge in [0.1, 0.15) is 0 Å². The van der Waals surface area contributed by atoms with Crippen LogP contribution in [0.25, 0.3) is 33.5 Å². The lowest BCUT2D eigenvalue weighted by Crippen LogP contribution is -2.13. The van der Waals surface area contributed by atoms with E-state index in [1.165, 1.54) is 5.56 Å². The predicted molar refractivity (Wildman–Crippen MR) is 144 cm³/mol. The number of nitrogens with two attached hydrogens (primary N) is 1. The molecule has 1 atom stereocenters. The highest BCUT2D eigenvalue weighted by molar-refractivity contribution is 5.99. The van der Waals surface area contributed by atoms with Crippen molar-refractivity contribution in [2.45, 2.75) is 25.9 Å². The van der Waals surface area contributed by atoms with E-state index in [0.717, 1.165) is 57.9 Å². The second kappa shape index (κ2) is 9.05. The van der Waals surface area contributed by atoms with Crippen LogP contribution in [0.1, 0.15) is 34.1 Å². The zero-order valence-corrected chi connectivity index (χ0v) is 20.7. The Hall–Kier alpha value is -4.72. The Bertz CT molecular complexity index is 1610. The second-order valence-corrected chi connectivity index (χ2v) is 9.42. The molecule has 1 unspecified atom stereocenters. The van der Waals surface area contributed by atoms with E-state index < -0.39 is 5.91 Å². The van der Waals surface area contributed by atoms with Crippen LogP contribution in [0.3, 0.4) is 0 Å². The number of hydrogen-bond donors (Lipinski definition) is 2. The molecule has 3 aromatic carbocycles. The van der Waals surface area contributed by atoms with Gasteiger partial charge < -0.3 is 11.1 Å². The van der Waals surface area contributed by atoms with Crippen LogP contribution in [0.5, 0.6) is 0 Å². The molecular formula is C29H27N7O. The summed E-state index contributed by atoms with van der Waals surface area (Å²) in [5.74, 6) is -0.431. The SMILES string of the molecule is Cc1nnn2c1-c1ccc(-c3cnn(C)c3)cc1C(Nc1ccc(-c3ccccc3C(N)=O)cc1)CC2. The fourth-order valence-electron chi connectivity index (χ4n) is 5.16. The van der Waals surface area contributed by atoms with Gasteiger partial charge >= 0.3 is 0 Å². The molecule has 1 aliphatic rings. The Labute approximate surface area is 214 Å². The smallest absolute Gasteiger partial charge is 0.249 e. The van der Waals surface area contributed by atoms with Crippen molar-refractivity contribution in [2.24, 2.45) is 12.8 Å². The highest BCUT2D eigenvalue weighted by Gasteiger charge is 2.26. The van der Waals surface area contributed by atoms with Gasteiger partial charge in [-0.15, -0.1) is 5.10 Å². The minimum absolute atomic E-state index is 0.0662. The summed E-state index contributed by atoms with van der Waals surface area (Å²) < 4.78 is 3.82. The maximum absolute atomic E-state index is 11.9. The van der Waals surface area contributed by atoms with Crippen LogP contribution in [0.4, 0.5) is 5.69 Å². The number of benzene rings is 3. The van der Waals surface area contributed by atoms with Crippen LogP contribution < -0.4 is 11.1 Å². The first-order valence-electron chi connectivity index (χ1n) is 12.3. The molecule has 8 heteroatoms. The minimum Gasteiger partial charge on any atom is -0.378 e. The summed E-state index contributed by atoms with van der Waals surface area (Å²) in [5.41, 5.74) is 15.4. The van der Waals surface area contributed by atoms with Crippen molar-refractivity contribution in [1.82, 2.24) is 24.8 Å². The first kappa shape index (κ1) is 22.7. The number of anilines is 1. The molecule has 0 saturated heterocycles. The summed E-state index contributed by atoms with van der Waals surface area (Å²) in [6, 6.07) is 22.2. The first-order valence-corrected chi connectivity index (χ1v) is 12.3. The van der Waals surface area contributed by atoms with Crippen molar-refractivity contribution >= 4 is 11.6 Å². The third kappa shape index (κ3) is 4.16. The van der Waals surface area contributed by atoms with Gasteiger partial charge in [0.25, 0.3) is 0 Å². The van der Waals surface area contributed by atoms with Crippen molar-refractivity contribution in [2.75, 3.05) is 5.32 Å². The quantitative estimate of drug-likeness (QED) is 0.363. The van der Waals surface area contributed by atoms with E-state index in [4.69, 9.17) is 5.73 Å². The van der Waals surface area contributed by atoms with Crippen molar-refractivity contribution in [1.29, 1.82) is 0 Å². The summed E-state index contributed by atoms with van der Waals surface area (Å²) >= 11 is 0. The van der Waals surface area contributed by atoms with Crippen LogP contribution in [-0.4, -0.2) is 30.7 Å². The molecule has 0 spiro atoms. The molecule has 0 radical (unpaired) electrons. The molecule has 1 amide bonds. The van der Waals surface area contributed by atoms with Crippen LogP contribution in [0, 0.1) is 6.92 Å². The van der Waals surface area contributed by atoms with Gasteiger partial charge in [-0.25, -0.2) is 4.68 Å². The second-order valence-electron chi connectivity index (χ2n) is 9.42. The molecule has 0 bridgehead atoms. The molecule has 184 valence electrons. The summed E-state index contributed by atoms with van der Waals surface area (Å²) in [5, 5.41) is 16.8. The fraction of sp³-hybridized carbons (Fsp3) is 0.172. The largest absolute Gasteiger partial charge is 0.378 e. The van der Waals surface area contributed by atoms with Crippen molar-refractivity contribution in [3.63, 3.8) is 0 Å².